The average molecular weight is 328 g/mol. The van der Waals surface area contributed by atoms with E-state index in [0.29, 0.717) is 11.3 Å². The molecule has 0 spiro atoms. The second-order valence-electron chi connectivity index (χ2n) is 4.63. The number of hydrogen-bond donors (Lipinski definition) is 2. The SMILES string of the molecule is CCN(CC)CC(C)NC(=O)c1cc(N)cc(Br)c1. The molecule has 4 nitrogen and oxygen atoms in total. The number of likely N-dealkylation sites (N-methyl/N-ethyl adjacent to an activating group) is 1. The van der Waals surface area contributed by atoms with Crippen molar-refractivity contribution in [2.45, 2.75) is 26.8 Å². The molecule has 0 saturated carbocycles. The Hall–Kier alpha value is -1.07. The molecule has 5 heteroatoms. The molecule has 0 bridgehead atoms. The van der Waals surface area contributed by atoms with Crippen molar-refractivity contribution in [3.8, 4) is 0 Å². The van der Waals surface area contributed by atoms with Crippen molar-refractivity contribution in [3.05, 3.63) is 28.2 Å². The lowest BCUT2D eigenvalue weighted by Gasteiger charge is -2.23. The minimum absolute atomic E-state index is 0.0901. The lowest BCUT2D eigenvalue weighted by atomic mass is 10.1. The fourth-order valence-corrected chi connectivity index (χ4v) is 2.48. The van der Waals surface area contributed by atoms with Gasteiger partial charge in [0.2, 0.25) is 0 Å². The molecule has 1 aromatic rings. The fourth-order valence-electron chi connectivity index (χ4n) is 1.97. The van der Waals surface area contributed by atoms with E-state index in [2.05, 4.69) is 40.0 Å². The molecule has 1 aromatic carbocycles. The van der Waals surface area contributed by atoms with Crippen molar-refractivity contribution in [3.63, 3.8) is 0 Å². The van der Waals surface area contributed by atoms with Gasteiger partial charge in [-0.25, -0.2) is 0 Å². The number of nitrogens with one attached hydrogen (secondary N) is 1. The predicted octanol–water partition coefficient (Wildman–Crippen LogP) is 2.49. The van der Waals surface area contributed by atoms with Gasteiger partial charge < -0.3 is 16.0 Å². The van der Waals surface area contributed by atoms with E-state index in [1.54, 1.807) is 18.2 Å². The Labute approximate surface area is 123 Å². The maximum Gasteiger partial charge on any atom is 0.251 e. The monoisotopic (exact) mass is 327 g/mol. The van der Waals surface area contributed by atoms with E-state index in [0.717, 1.165) is 24.1 Å². The largest absolute Gasteiger partial charge is 0.399 e. The molecular weight excluding hydrogens is 306 g/mol. The van der Waals surface area contributed by atoms with Crippen LogP contribution in [-0.2, 0) is 0 Å². The summed E-state index contributed by atoms with van der Waals surface area (Å²) in [5, 5.41) is 2.99. The molecular formula is C14H22BrN3O. The van der Waals surface area contributed by atoms with Crippen LogP contribution in [-0.4, -0.2) is 36.5 Å². The number of hydrogen-bond acceptors (Lipinski definition) is 3. The molecule has 0 heterocycles. The number of nitrogen functional groups attached to an aromatic ring is 1. The zero-order chi connectivity index (χ0) is 14.4. The quantitative estimate of drug-likeness (QED) is 0.789. The van der Waals surface area contributed by atoms with Crippen LogP contribution >= 0.6 is 15.9 Å². The van der Waals surface area contributed by atoms with E-state index in [1.807, 2.05) is 6.92 Å². The molecule has 19 heavy (non-hydrogen) atoms. The molecule has 106 valence electrons. The molecule has 1 amide bonds. The van der Waals surface area contributed by atoms with Gasteiger partial charge in [0.25, 0.3) is 5.91 Å². The summed E-state index contributed by atoms with van der Waals surface area (Å²) in [6, 6.07) is 5.34. The lowest BCUT2D eigenvalue weighted by molar-refractivity contribution is 0.0930. The molecule has 0 aliphatic heterocycles. The van der Waals surface area contributed by atoms with Gasteiger partial charge in [0.15, 0.2) is 0 Å². The first kappa shape index (κ1) is 16.0. The van der Waals surface area contributed by atoms with Crippen molar-refractivity contribution in [1.82, 2.24) is 10.2 Å². The molecule has 1 atom stereocenters. The Morgan fingerprint density at radius 2 is 2.00 bits per heavy atom. The summed E-state index contributed by atoms with van der Waals surface area (Å²) >= 11 is 3.34. The van der Waals surface area contributed by atoms with Crippen LogP contribution in [0.25, 0.3) is 0 Å². The highest BCUT2D eigenvalue weighted by atomic mass is 79.9. The first-order valence-corrected chi connectivity index (χ1v) is 7.34. The first-order chi connectivity index (χ1) is 8.96. The van der Waals surface area contributed by atoms with Crippen LogP contribution in [0.5, 0.6) is 0 Å². The second kappa shape index (κ2) is 7.50. The number of rotatable bonds is 6. The van der Waals surface area contributed by atoms with Gasteiger partial charge in [0.05, 0.1) is 0 Å². The molecule has 0 aromatic heterocycles. The maximum absolute atomic E-state index is 12.1. The summed E-state index contributed by atoms with van der Waals surface area (Å²) in [7, 11) is 0. The number of carbonyl (C=O) groups is 1. The van der Waals surface area contributed by atoms with Crippen LogP contribution in [0.2, 0.25) is 0 Å². The summed E-state index contributed by atoms with van der Waals surface area (Å²) in [5.41, 5.74) is 6.89. The lowest BCUT2D eigenvalue weighted by Crippen LogP contribution is -2.41. The number of nitrogens with two attached hydrogens (primary N) is 1. The average Bonchev–Trinajstić information content (AvgIpc) is 2.34. The summed E-state index contributed by atoms with van der Waals surface area (Å²) in [6.07, 6.45) is 0. The minimum atomic E-state index is -0.0901. The Morgan fingerprint density at radius 1 is 1.37 bits per heavy atom. The smallest absolute Gasteiger partial charge is 0.251 e. The van der Waals surface area contributed by atoms with Gasteiger partial charge in [-0.15, -0.1) is 0 Å². The highest BCUT2D eigenvalue weighted by Gasteiger charge is 2.12. The van der Waals surface area contributed by atoms with Gasteiger partial charge in [0.1, 0.15) is 0 Å². The van der Waals surface area contributed by atoms with E-state index >= 15 is 0 Å². The van der Waals surface area contributed by atoms with Crippen LogP contribution in [0.15, 0.2) is 22.7 Å². The van der Waals surface area contributed by atoms with Gasteiger partial charge in [-0.3, -0.25) is 4.79 Å². The highest BCUT2D eigenvalue weighted by molar-refractivity contribution is 9.10. The topological polar surface area (TPSA) is 58.4 Å². The summed E-state index contributed by atoms with van der Waals surface area (Å²) in [4.78, 5) is 14.4. The Morgan fingerprint density at radius 3 is 2.53 bits per heavy atom. The Balaban J connectivity index is 2.63. The van der Waals surface area contributed by atoms with Crippen LogP contribution in [0, 0.1) is 0 Å². The van der Waals surface area contributed by atoms with Crippen LogP contribution in [0.1, 0.15) is 31.1 Å². The first-order valence-electron chi connectivity index (χ1n) is 6.55. The standard InChI is InChI=1S/C14H22BrN3O/c1-4-18(5-2)9-10(3)17-14(19)11-6-12(15)8-13(16)7-11/h6-8,10H,4-5,9,16H2,1-3H3,(H,17,19). The molecule has 3 N–H and O–H groups in total. The van der Waals surface area contributed by atoms with Crippen LogP contribution in [0.3, 0.4) is 0 Å². The fraction of sp³-hybridized carbons (Fsp3) is 0.500. The van der Waals surface area contributed by atoms with Crippen molar-refractivity contribution in [2.75, 3.05) is 25.4 Å². The van der Waals surface area contributed by atoms with E-state index in [9.17, 15) is 4.79 Å². The summed E-state index contributed by atoms with van der Waals surface area (Å²) < 4.78 is 0.814. The van der Waals surface area contributed by atoms with Crippen molar-refractivity contribution >= 4 is 27.5 Å². The number of anilines is 1. The molecule has 0 aliphatic rings. The third kappa shape index (κ3) is 5.20. The Kier molecular flexibility index (Phi) is 6.31. The van der Waals surface area contributed by atoms with Gasteiger partial charge >= 0.3 is 0 Å². The molecule has 1 unspecified atom stereocenters. The number of amides is 1. The zero-order valence-electron chi connectivity index (χ0n) is 11.7. The van der Waals surface area contributed by atoms with E-state index in [1.165, 1.54) is 0 Å². The molecule has 0 radical (unpaired) electrons. The number of carbonyl (C=O) groups excluding carboxylic acids is 1. The van der Waals surface area contributed by atoms with Crippen molar-refractivity contribution in [1.29, 1.82) is 0 Å². The number of halogens is 1. The van der Waals surface area contributed by atoms with Crippen LogP contribution < -0.4 is 11.1 Å². The maximum atomic E-state index is 12.1. The van der Waals surface area contributed by atoms with E-state index in [-0.39, 0.29) is 11.9 Å². The normalized spacial score (nSPS) is 12.5. The van der Waals surface area contributed by atoms with Gasteiger partial charge in [0, 0.05) is 28.3 Å². The van der Waals surface area contributed by atoms with Crippen molar-refractivity contribution < 1.29 is 4.79 Å². The van der Waals surface area contributed by atoms with Gasteiger partial charge in [-0.1, -0.05) is 29.8 Å². The van der Waals surface area contributed by atoms with Gasteiger partial charge in [-0.2, -0.15) is 0 Å². The number of benzene rings is 1. The highest BCUT2D eigenvalue weighted by Crippen LogP contribution is 2.17. The second-order valence-corrected chi connectivity index (χ2v) is 5.55. The van der Waals surface area contributed by atoms with Crippen LogP contribution in [0.4, 0.5) is 5.69 Å². The summed E-state index contributed by atoms with van der Waals surface area (Å²) in [5.74, 6) is -0.0901. The minimum Gasteiger partial charge on any atom is -0.399 e. The molecule has 0 fully saturated rings. The third-order valence-corrected chi connectivity index (χ3v) is 3.44. The van der Waals surface area contributed by atoms with Crippen molar-refractivity contribution in [2.24, 2.45) is 0 Å². The van der Waals surface area contributed by atoms with E-state index in [4.69, 9.17) is 5.73 Å². The zero-order valence-corrected chi connectivity index (χ0v) is 13.3. The van der Waals surface area contributed by atoms with Gasteiger partial charge in [-0.05, 0) is 38.2 Å². The molecule has 0 aliphatic carbocycles. The van der Waals surface area contributed by atoms with E-state index < -0.39 is 0 Å². The molecule has 0 saturated heterocycles. The number of nitrogens with zero attached hydrogens (tertiary/aromatic N) is 1. The Bertz CT molecular complexity index is 412. The third-order valence-electron chi connectivity index (χ3n) is 2.99. The predicted molar refractivity (Wildman–Crippen MR) is 83.3 cm³/mol. The summed E-state index contributed by atoms with van der Waals surface area (Å²) in [6.45, 7) is 9.07. The molecule has 1 rings (SSSR count).